The number of methoxy groups -OCH3 is 1. The largest absolute Gasteiger partial charge is 0.491 e. The van der Waals surface area contributed by atoms with Crippen LogP contribution in [-0.4, -0.2) is 59.2 Å². The van der Waals surface area contributed by atoms with Gasteiger partial charge in [-0.15, -0.1) is 0 Å². The Morgan fingerprint density at radius 2 is 2.15 bits per heavy atom. The van der Waals surface area contributed by atoms with E-state index < -0.39 is 0 Å². The Hall–Kier alpha value is -2.60. The number of anilines is 1. The average Bonchev–Trinajstić information content (AvgIpc) is 3.11. The van der Waals surface area contributed by atoms with Crippen LogP contribution in [0.3, 0.4) is 0 Å². The van der Waals surface area contributed by atoms with Gasteiger partial charge in [0.15, 0.2) is 11.6 Å². The van der Waals surface area contributed by atoms with Gasteiger partial charge in [0.25, 0.3) is 0 Å². The van der Waals surface area contributed by atoms with Crippen molar-refractivity contribution >= 4 is 16.7 Å². The maximum absolute atomic E-state index is 5.43. The van der Waals surface area contributed by atoms with E-state index >= 15 is 0 Å². The number of aryl methyl sites for hydroxylation is 1. The number of para-hydroxylation sites is 1. The summed E-state index contributed by atoms with van der Waals surface area (Å²) in [7, 11) is 1.67. The Morgan fingerprint density at radius 1 is 1.26 bits per heavy atom. The van der Waals surface area contributed by atoms with Crippen LogP contribution >= 0.6 is 0 Å². The van der Waals surface area contributed by atoms with Crippen molar-refractivity contribution in [3.8, 4) is 5.75 Å². The molecule has 1 atom stereocenters. The van der Waals surface area contributed by atoms with Crippen LogP contribution in [0.2, 0.25) is 0 Å². The second kappa shape index (κ2) is 7.96. The predicted octanol–water partition coefficient (Wildman–Crippen LogP) is 3.11. The molecular formula is C21H27N5O. The second-order valence-electron chi connectivity index (χ2n) is 7.22. The zero-order chi connectivity index (χ0) is 18.6. The molecule has 0 spiro atoms. The first-order valence-corrected chi connectivity index (χ1v) is 9.64. The lowest BCUT2D eigenvalue weighted by atomic mass is 10.1. The van der Waals surface area contributed by atoms with Gasteiger partial charge >= 0.3 is 0 Å². The lowest BCUT2D eigenvalue weighted by Gasteiger charge is -2.40. The molecule has 2 aromatic heterocycles. The first kappa shape index (κ1) is 17.8. The van der Waals surface area contributed by atoms with Gasteiger partial charge in [-0.05, 0) is 37.9 Å². The van der Waals surface area contributed by atoms with Gasteiger partial charge < -0.3 is 14.6 Å². The summed E-state index contributed by atoms with van der Waals surface area (Å²) in [5.41, 5.74) is 2.65. The van der Waals surface area contributed by atoms with Gasteiger partial charge in [-0.2, -0.15) is 0 Å². The Kier molecular flexibility index (Phi) is 5.25. The van der Waals surface area contributed by atoms with Crippen LogP contribution in [-0.2, 0) is 6.42 Å². The summed E-state index contributed by atoms with van der Waals surface area (Å²) in [4.78, 5) is 16.8. The highest BCUT2D eigenvalue weighted by atomic mass is 16.5. The van der Waals surface area contributed by atoms with E-state index in [1.165, 1.54) is 22.9 Å². The van der Waals surface area contributed by atoms with E-state index in [4.69, 9.17) is 4.74 Å². The third kappa shape index (κ3) is 3.76. The number of rotatable bonds is 6. The normalized spacial score (nSPS) is 18.1. The van der Waals surface area contributed by atoms with Crippen LogP contribution in [0.25, 0.3) is 10.9 Å². The summed E-state index contributed by atoms with van der Waals surface area (Å²) < 4.78 is 5.43. The fraction of sp³-hybridized carbons (Fsp3) is 0.429. The van der Waals surface area contributed by atoms with Gasteiger partial charge in [0.1, 0.15) is 6.33 Å². The molecule has 0 aliphatic carbocycles. The monoisotopic (exact) mass is 365 g/mol. The van der Waals surface area contributed by atoms with Gasteiger partial charge in [-0.1, -0.05) is 18.2 Å². The van der Waals surface area contributed by atoms with Crippen molar-refractivity contribution < 1.29 is 4.74 Å². The van der Waals surface area contributed by atoms with Crippen molar-refractivity contribution in [2.75, 3.05) is 38.2 Å². The van der Waals surface area contributed by atoms with Gasteiger partial charge in [-0.25, -0.2) is 9.97 Å². The highest BCUT2D eigenvalue weighted by molar-refractivity contribution is 5.82. The number of nitrogens with one attached hydrogen (secondary N) is 1. The lowest BCUT2D eigenvalue weighted by molar-refractivity contribution is 0.225. The minimum absolute atomic E-state index is 0.399. The van der Waals surface area contributed by atoms with Gasteiger partial charge in [0, 0.05) is 42.8 Å². The molecule has 0 radical (unpaired) electrons. The van der Waals surface area contributed by atoms with E-state index in [1.807, 2.05) is 0 Å². The number of H-pyrrole nitrogens is 1. The minimum Gasteiger partial charge on any atom is -0.491 e. The molecule has 1 fully saturated rings. The molecular weight excluding hydrogens is 338 g/mol. The number of piperazine rings is 1. The van der Waals surface area contributed by atoms with Crippen molar-refractivity contribution in [1.29, 1.82) is 0 Å². The molecule has 0 amide bonds. The molecule has 6 heteroatoms. The Balaban J connectivity index is 1.32. The fourth-order valence-corrected chi connectivity index (χ4v) is 4.05. The van der Waals surface area contributed by atoms with Gasteiger partial charge in [0.2, 0.25) is 0 Å². The van der Waals surface area contributed by atoms with E-state index in [1.54, 1.807) is 19.6 Å². The Bertz CT molecular complexity index is 893. The third-order valence-corrected chi connectivity index (χ3v) is 5.46. The van der Waals surface area contributed by atoms with Crippen molar-refractivity contribution in [3.63, 3.8) is 0 Å². The fourth-order valence-electron chi connectivity index (χ4n) is 4.05. The summed E-state index contributed by atoms with van der Waals surface area (Å²) >= 11 is 0. The first-order chi connectivity index (χ1) is 13.3. The third-order valence-electron chi connectivity index (χ3n) is 5.46. The van der Waals surface area contributed by atoms with E-state index in [2.05, 4.69) is 62.1 Å². The Morgan fingerprint density at radius 3 is 3.00 bits per heavy atom. The number of aromatic nitrogens is 3. The van der Waals surface area contributed by atoms with Gasteiger partial charge in [0.05, 0.1) is 13.3 Å². The van der Waals surface area contributed by atoms with Crippen molar-refractivity contribution in [3.05, 3.63) is 48.5 Å². The maximum atomic E-state index is 5.43. The number of hydrogen-bond acceptors (Lipinski definition) is 5. The number of benzene rings is 1. The lowest BCUT2D eigenvalue weighted by Crippen LogP contribution is -2.52. The van der Waals surface area contributed by atoms with Crippen molar-refractivity contribution in [2.45, 2.75) is 25.8 Å². The number of fused-ring (bicyclic) bond motifs is 1. The van der Waals surface area contributed by atoms with E-state index in [0.717, 1.165) is 44.2 Å². The van der Waals surface area contributed by atoms with Crippen LogP contribution in [0, 0.1) is 0 Å². The second-order valence-corrected chi connectivity index (χ2v) is 7.22. The molecule has 0 bridgehead atoms. The van der Waals surface area contributed by atoms with Crippen LogP contribution < -0.4 is 9.64 Å². The molecule has 1 aliphatic heterocycles. The molecule has 1 aromatic carbocycles. The summed E-state index contributed by atoms with van der Waals surface area (Å²) in [5, 5.41) is 1.35. The quantitative estimate of drug-likeness (QED) is 0.727. The van der Waals surface area contributed by atoms with E-state index in [0.29, 0.717) is 6.04 Å². The van der Waals surface area contributed by atoms with Crippen LogP contribution in [0.1, 0.15) is 18.9 Å². The van der Waals surface area contributed by atoms with Crippen LogP contribution in [0.4, 0.5) is 5.82 Å². The van der Waals surface area contributed by atoms with Crippen LogP contribution in [0.15, 0.2) is 43.0 Å². The number of aromatic amines is 1. The number of hydrogen-bond donors (Lipinski definition) is 1. The topological polar surface area (TPSA) is 57.3 Å². The average molecular weight is 365 g/mol. The molecule has 27 heavy (non-hydrogen) atoms. The van der Waals surface area contributed by atoms with E-state index in [-0.39, 0.29) is 0 Å². The maximum Gasteiger partial charge on any atom is 0.179 e. The summed E-state index contributed by atoms with van der Waals surface area (Å²) in [6, 6.07) is 8.94. The molecule has 6 nitrogen and oxygen atoms in total. The molecule has 0 saturated carbocycles. The summed E-state index contributed by atoms with van der Waals surface area (Å²) in [6.07, 6.45) is 7.77. The molecule has 1 unspecified atom stereocenters. The molecule has 3 aromatic rings. The smallest absolute Gasteiger partial charge is 0.179 e. The number of nitrogens with zero attached hydrogens (tertiary/aromatic N) is 4. The van der Waals surface area contributed by atoms with Crippen molar-refractivity contribution in [2.24, 2.45) is 0 Å². The molecule has 1 N–H and O–H groups in total. The van der Waals surface area contributed by atoms with Gasteiger partial charge in [-0.3, -0.25) is 4.90 Å². The first-order valence-electron chi connectivity index (χ1n) is 9.64. The van der Waals surface area contributed by atoms with Crippen molar-refractivity contribution in [1.82, 2.24) is 19.9 Å². The SMILES string of the molecule is COc1cncnc1N1CCN(CCCc2c[nH]c3ccccc23)CC1C. The predicted molar refractivity (Wildman–Crippen MR) is 108 cm³/mol. The summed E-state index contributed by atoms with van der Waals surface area (Å²) in [5.74, 6) is 1.65. The zero-order valence-electron chi connectivity index (χ0n) is 16.1. The minimum atomic E-state index is 0.399. The molecule has 1 saturated heterocycles. The highest BCUT2D eigenvalue weighted by Gasteiger charge is 2.26. The zero-order valence-corrected chi connectivity index (χ0v) is 16.1. The van der Waals surface area contributed by atoms with E-state index in [9.17, 15) is 0 Å². The summed E-state index contributed by atoms with van der Waals surface area (Å²) in [6.45, 7) is 6.43. The molecule has 3 heterocycles. The highest BCUT2D eigenvalue weighted by Crippen LogP contribution is 2.27. The standard InChI is InChI=1S/C21H27N5O/c1-16-14-25(10-11-26(16)21-20(27-2)13-22-15-24-21)9-5-6-17-12-23-19-8-4-3-7-18(17)19/h3-4,7-8,12-13,15-16,23H,5-6,9-11,14H2,1-2H3. The van der Waals surface area contributed by atoms with Crippen LogP contribution in [0.5, 0.6) is 5.75 Å². The molecule has 4 rings (SSSR count). The number of ether oxygens (including phenoxy) is 1. The Labute approximate surface area is 160 Å². The molecule has 1 aliphatic rings. The molecule has 142 valence electrons.